The molecule has 5 rings (SSSR count). The lowest BCUT2D eigenvalue weighted by Crippen LogP contribution is -2.32. The molecule has 1 unspecified atom stereocenters. The van der Waals surface area contributed by atoms with Gasteiger partial charge in [0.1, 0.15) is 41.4 Å². The van der Waals surface area contributed by atoms with Crippen LogP contribution in [-0.4, -0.2) is 83.5 Å². The van der Waals surface area contributed by atoms with Crippen LogP contribution in [0.2, 0.25) is 10.0 Å². The van der Waals surface area contributed by atoms with Crippen molar-refractivity contribution < 1.29 is 62.2 Å². The molecule has 0 bridgehead atoms. The Morgan fingerprint density at radius 2 is 1.61 bits per heavy atom. The molecule has 1 atom stereocenters. The van der Waals surface area contributed by atoms with E-state index >= 15 is 0 Å². The minimum Gasteiger partial charge on any atom is -0.778 e. The molecule has 5 N–H and O–H groups in total. The normalized spacial score (nSPS) is 14.0. The number of nitrogens with two attached hydrogens (primary N) is 1. The molecular formula is C39H48Cl2FN4O13PS. The number of imide groups is 1. The largest absolute Gasteiger partial charge is 0.778 e. The van der Waals surface area contributed by atoms with Crippen LogP contribution in [0.3, 0.4) is 0 Å². The molecular weight excluding hydrogens is 885 g/mol. The van der Waals surface area contributed by atoms with Crippen LogP contribution in [0.25, 0.3) is 0 Å². The summed E-state index contributed by atoms with van der Waals surface area (Å²) in [5, 5.41) is 20.6. The van der Waals surface area contributed by atoms with E-state index < -0.39 is 61.5 Å². The highest BCUT2D eigenvalue weighted by atomic mass is 35.5. The molecule has 2 amide bonds. The number of hydrogen-bond acceptors (Lipinski definition) is 13. The third-order valence-electron chi connectivity index (χ3n) is 7.87. The van der Waals surface area contributed by atoms with Gasteiger partial charge in [-0.05, 0) is 67.3 Å². The van der Waals surface area contributed by atoms with Crippen molar-refractivity contribution >= 4 is 82.5 Å². The lowest BCUT2D eigenvalue weighted by Gasteiger charge is -2.18. The first-order chi connectivity index (χ1) is 28.7. The molecule has 0 radical (unpaired) electrons. The van der Waals surface area contributed by atoms with Crippen LogP contribution in [-0.2, 0) is 39.4 Å². The molecule has 0 spiro atoms. The minimum absolute atomic E-state index is 0.000883. The number of ether oxygens (including phenoxy) is 3. The van der Waals surface area contributed by atoms with Gasteiger partial charge >= 0.3 is 11.9 Å². The zero-order chi connectivity index (χ0) is 45.9. The second-order valence-corrected chi connectivity index (χ2v) is 18.2. The zero-order valence-electron chi connectivity index (χ0n) is 33.8. The molecule has 2 aliphatic rings. The van der Waals surface area contributed by atoms with Crippen molar-refractivity contribution in [2.75, 3.05) is 55.4 Å². The SMILES string of the molecule is CCCCCOC(=O)COc1cc(N2C(=O)C3=C(CCCC3)C2=O)c(F)cc1Cl.C[S+](C)C.Nc1c([N+](=O)[O-])ccc(Oc2ccccc2)c1Cl.O=C(O)CNCP(=O)([O-])O. The van der Waals surface area contributed by atoms with E-state index in [1.165, 1.54) is 18.2 Å². The Balaban J connectivity index is 0.000000339. The molecule has 3 aromatic carbocycles. The Morgan fingerprint density at radius 3 is 2.13 bits per heavy atom. The number of nitro groups is 1. The first-order valence-corrected chi connectivity index (χ1v) is 23.4. The fourth-order valence-corrected chi connectivity index (χ4v) is 5.99. The number of amides is 2. The molecule has 3 aromatic rings. The number of benzene rings is 3. The minimum atomic E-state index is -4.35. The number of carbonyl (C=O) groups is 4. The number of rotatable bonds is 15. The average molecular weight is 934 g/mol. The number of halogens is 3. The van der Waals surface area contributed by atoms with Gasteiger partial charge in [0.15, 0.2) is 6.61 Å². The summed E-state index contributed by atoms with van der Waals surface area (Å²) in [6.45, 7) is 1.45. The smallest absolute Gasteiger partial charge is 0.344 e. The average Bonchev–Trinajstić information content (AvgIpc) is 3.43. The van der Waals surface area contributed by atoms with Crippen LogP contribution in [0, 0.1) is 15.9 Å². The first-order valence-electron chi connectivity index (χ1n) is 18.5. The van der Waals surface area contributed by atoms with E-state index in [4.69, 9.17) is 53.1 Å². The van der Waals surface area contributed by atoms with E-state index in [1.807, 2.05) is 18.3 Å². The second kappa shape index (κ2) is 25.9. The van der Waals surface area contributed by atoms with Crippen molar-refractivity contribution in [2.24, 2.45) is 0 Å². The number of nitrogen functional groups attached to an aromatic ring is 1. The first kappa shape index (κ1) is 52.4. The highest BCUT2D eigenvalue weighted by molar-refractivity contribution is 7.94. The maximum Gasteiger partial charge on any atom is 0.344 e. The van der Waals surface area contributed by atoms with Gasteiger partial charge in [0.25, 0.3) is 17.5 Å². The second-order valence-electron chi connectivity index (χ2n) is 13.4. The summed E-state index contributed by atoms with van der Waals surface area (Å²) in [5.41, 5.74) is 5.92. The van der Waals surface area contributed by atoms with E-state index in [2.05, 4.69) is 18.8 Å². The summed E-state index contributed by atoms with van der Waals surface area (Å²) in [6.07, 6.45) is 11.3. The van der Waals surface area contributed by atoms with E-state index in [1.54, 1.807) is 24.3 Å². The number of carboxylic acids is 1. The summed E-state index contributed by atoms with van der Waals surface area (Å²) in [5.74, 6) is -2.72. The van der Waals surface area contributed by atoms with Crippen LogP contribution in [0.15, 0.2) is 65.7 Å². The Labute approximate surface area is 365 Å². The number of para-hydroxylation sites is 1. The van der Waals surface area contributed by atoms with Gasteiger partial charge < -0.3 is 39.4 Å². The van der Waals surface area contributed by atoms with Crippen LogP contribution in [0.4, 0.5) is 21.5 Å². The van der Waals surface area contributed by atoms with Gasteiger partial charge in [0.2, 0.25) is 0 Å². The molecule has 1 heterocycles. The number of hydrogen-bond donors (Lipinski definition) is 4. The number of unbranched alkanes of at least 4 members (excludes halogenated alkanes) is 2. The van der Waals surface area contributed by atoms with Gasteiger partial charge in [-0.25, -0.2) is 14.1 Å². The van der Waals surface area contributed by atoms with Gasteiger partial charge in [-0.1, -0.05) is 61.2 Å². The maximum absolute atomic E-state index is 14.5. The summed E-state index contributed by atoms with van der Waals surface area (Å²) in [4.78, 5) is 75.8. The molecule has 22 heteroatoms. The molecule has 0 saturated heterocycles. The highest BCUT2D eigenvalue weighted by Gasteiger charge is 2.41. The van der Waals surface area contributed by atoms with Gasteiger partial charge in [0, 0.05) is 23.3 Å². The Kier molecular flexibility index (Phi) is 22.2. The molecule has 1 aliphatic heterocycles. The van der Waals surface area contributed by atoms with Crippen molar-refractivity contribution in [1.82, 2.24) is 5.32 Å². The Hall–Kier alpha value is -4.75. The van der Waals surface area contributed by atoms with Gasteiger partial charge in [-0.15, -0.1) is 0 Å². The van der Waals surface area contributed by atoms with E-state index in [0.29, 0.717) is 47.2 Å². The molecule has 61 heavy (non-hydrogen) atoms. The van der Waals surface area contributed by atoms with E-state index in [-0.39, 0.29) is 38.6 Å². The summed E-state index contributed by atoms with van der Waals surface area (Å²) < 4.78 is 40.4. The predicted molar refractivity (Wildman–Crippen MR) is 230 cm³/mol. The van der Waals surface area contributed by atoms with E-state index in [0.717, 1.165) is 43.1 Å². The summed E-state index contributed by atoms with van der Waals surface area (Å²) in [6, 6.07) is 13.8. The zero-order valence-corrected chi connectivity index (χ0v) is 37.0. The Bertz CT molecular complexity index is 2060. The van der Waals surface area contributed by atoms with Crippen LogP contribution in [0.1, 0.15) is 51.9 Å². The van der Waals surface area contributed by atoms with Crippen LogP contribution < -0.4 is 30.3 Å². The van der Waals surface area contributed by atoms with E-state index in [9.17, 15) is 43.1 Å². The number of nitro benzene ring substituents is 1. The third kappa shape index (κ3) is 18.0. The number of aliphatic carboxylic acids is 1. The Morgan fingerprint density at radius 1 is 1.02 bits per heavy atom. The number of carboxylic acid groups (broad SMARTS) is 1. The number of nitrogens with one attached hydrogen (secondary N) is 1. The fraction of sp³-hybridized carbons (Fsp3) is 0.385. The quantitative estimate of drug-likeness (QED) is 0.0183. The van der Waals surface area contributed by atoms with Crippen molar-refractivity contribution in [3.05, 3.63) is 91.7 Å². The fourth-order valence-electron chi connectivity index (χ4n) is 5.20. The van der Waals surface area contributed by atoms with Crippen molar-refractivity contribution in [3.63, 3.8) is 0 Å². The number of carbonyl (C=O) groups excluding carboxylic acids is 3. The lowest BCUT2D eigenvalue weighted by atomic mass is 9.93. The highest BCUT2D eigenvalue weighted by Crippen LogP contribution is 2.40. The van der Waals surface area contributed by atoms with Gasteiger partial charge in [-0.3, -0.25) is 29.8 Å². The lowest BCUT2D eigenvalue weighted by molar-refractivity contribution is -0.383. The third-order valence-corrected chi connectivity index (χ3v) is 9.17. The topological polar surface area (TPSA) is 261 Å². The van der Waals surface area contributed by atoms with Crippen molar-refractivity contribution in [3.8, 4) is 17.2 Å². The summed E-state index contributed by atoms with van der Waals surface area (Å²) >= 11 is 12.0. The van der Waals surface area contributed by atoms with Crippen LogP contribution in [0.5, 0.6) is 17.2 Å². The standard InChI is InChI=1S/C21H23ClFNO5.C12H9ClN2O3.C3H8NO5P.C3H9S/c1-2-3-6-9-28-19(25)12-29-18-11-17(16(23)10-15(18)22)24-20(26)13-7-4-5-8-14(13)21(24)27;13-11-10(18-8-4-2-1-3-5-8)7-6-9(12(11)14)15(16)17;5-3(6)1-4-2-10(7,8)9;1-4(2)3/h10-11H,2-9,12H2,1H3;1-7H,14H2;4H,1-2H2,(H,5,6)(H2,7,8,9);1-3H3/q;;;+1/p-1. The molecule has 0 saturated carbocycles. The molecule has 17 nitrogen and oxygen atoms in total. The number of anilines is 2. The monoisotopic (exact) mass is 932 g/mol. The van der Waals surface area contributed by atoms with Gasteiger partial charge in [-0.2, -0.15) is 0 Å². The van der Waals surface area contributed by atoms with Gasteiger partial charge in [0.05, 0.1) is 53.8 Å². The molecule has 1 aliphatic carbocycles. The summed E-state index contributed by atoms with van der Waals surface area (Å²) in [7, 11) is -3.71. The molecule has 0 fully saturated rings. The molecule has 334 valence electrons. The van der Waals surface area contributed by atoms with Crippen molar-refractivity contribution in [1.29, 1.82) is 0 Å². The number of nitrogens with zero attached hydrogens (tertiary/aromatic N) is 2. The maximum atomic E-state index is 14.5. The predicted octanol–water partition coefficient (Wildman–Crippen LogP) is 6.62. The van der Waals surface area contributed by atoms with Crippen molar-refractivity contribution in [2.45, 2.75) is 51.9 Å². The molecule has 0 aromatic heterocycles. The van der Waals surface area contributed by atoms with Crippen LogP contribution >= 0.6 is 30.8 Å². The number of esters is 1.